The van der Waals surface area contributed by atoms with Gasteiger partial charge >= 0.3 is 0 Å². The predicted molar refractivity (Wildman–Crippen MR) is 90.8 cm³/mol. The highest BCUT2D eigenvalue weighted by atomic mass is 16.5. The number of rotatable bonds is 9. The number of nitrogens with one attached hydrogen (secondary N) is 1. The highest BCUT2D eigenvalue weighted by Crippen LogP contribution is 2.13. The van der Waals surface area contributed by atoms with E-state index >= 15 is 0 Å². The number of hydrogen-bond donors (Lipinski definition) is 1. The number of aryl methyl sites for hydroxylation is 1. The number of likely N-dealkylation sites (N-methyl/N-ethyl adjacent to an activating group) is 1. The molecule has 0 aliphatic carbocycles. The molecule has 1 aromatic rings. The van der Waals surface area contributed by atoms with E-state index in [1.165, 1.54) is 5.56 Å². The molecule has 0 bridgehead atoms. The first-order valence-electron chi connectivity index (χ1n) is 8.37. The summed E-state index contributed by atoms with van der Waals surface area (Å²) in [6, 6.07) is 8.15. The molecular weight excluding hydrogens is 292 g/mol. The lowest BCUT2D eigenvalue weighted by Gasteiger charge is -2.17. The summed E-state index contributed by atoms with van der Waals surface area (Å²) >= 11 is 0. The van der Waals surface area contributed by atoms with Crippen LogP contribution in [-0.4, -0.2) is 57.3 Å². The van der Waals surface area contributed by atoms with Crippen LogP contribution in [0.25, 0.3) is 0 Å². The van der Waals surface area contributed by atoms with E-state index in [-0.39, 0.29) is 12.0 Å². The molecule has 1 aliphatic rings. The summed E-state index contributed by atoms with van der Waals surface area (Å²) in [6.07, 6.45) is 4.40. The van der Waals surface area contributed by atoms with Crippen LogP contribution in [0.1, 0.15) is 24.8 Å². The van der Waals surface area contributed by atoms with Gasteiger partial charge in [0.15, 0.2) is 0 Å². The number of nitrogens with zero attached hydrogens (tertiary/aromatic N) is 1. The summed E-state index contributed by atoms with van der Waals surface area (Å²) in [6.45, 7) is 2.80. The Morgan fingerprint density at radius 3 is 2.83 bits per heavy atom. The summed E-state index contributed by atoms with van der Waals surface area (Å²) < 4.78 is 10.7. The van der Waals surface area contributed by atoms with Crippen molar-refractivity contribution in [2.24, 2.45) is 0 Å². The normalized spacial score (nSPS) is 17.4. The Morgan fingerprint density at radius 1 is 1.39 bits per heavy atom. The van der Waals surface area contributed by atoms with Gasteiger partial charge in [-0.15, -0.1) is 0 Å². The quantitative estimate of drug-likeness (QED) is 0.754. The van der Waals surface area contributed by atoms with Crippen molar-refractivity contribution >= 4 is 5.91 Å². The molecule has 23 heavy (non-hydrogen) atoms. The largest absolute Gasteiger partial charge is 0.497 e. The molecule has 1 N–H and O–H groups in total. The van der Waals surface area contributed by atoms with E-state index in [0.29, 0.717) is 13.1 Å². The van der Waals surface area contributed by atoms with Crippen molar-refractivity contribution in [1.82, 2.24) is 10.2 Å². The van der Waals surface area contributed by atoms with Crippen molar-refractivity contribution in [3.05, 3.63) is 29.8 Å². The van der Waals surface area contributed by atoms with Gasteiger partial charge in [0.1, 0.15) is 5.75 Å². The molecule has 1 atom stereocenters. The molecule has 1 aliphatic heterocycles. The average molecular weight is 320 g/mol. The van der Waals surface area contributed by atoms with E-state index in [9.17, 15) is 4.79 Å². The minimum atomic E-state index is 0.0763. The van der Waals surface area contributed by atoms with Crippen LogP contribution < -0.4 is 10.1 Å². The van der Waals surface area contributed by atoms with Gasteiger partial charge in [-0.05, 0) is 57.0 Å². The third-order valence-corrected chi connectivity index (χ3v) is 4.13. The van der Waals surface area contributed by atoms with Gasteiger partial charge in [0, 0.05) is 13.2 Å². The smallest absolute Gasteiger partial charge is 0.234 e. The third-order valence-electron chi connectivity index (χ3n) is 4.13. The first-order chi connectivity index (χ1) is 11.2. The average Bonchev–Trinajstić information content (AvgIpc) is 3.07. The Hall–Kier alpha value is -1.59. The summed E-state index contributed by atoms with van der Waals surface area (Å²) in [7, 11) is 3.66. The number of ether oxygens (including phenoxy) is 2. The fraction of sp³-hybridized carbons (Fsp3) is 0.611. The van der Waals surface area contributed by atoms with Gasteiger partial charge in [0.05, 0.1) is 19.8 Å². The summed E-state index contributed by atoms with van der Waals surface area (Å²) in [4.78, 5) is 14.0. The van der Waals surface area contributed by atoms with Crippen LogP contribution >= 0.6 is 0 Å². The van der Waals surface area contributed by atoms with E-state index < -0.39 is 0 Å². The Kier molecular flexibility index (Phi) is 7.36. The second kappa shape index (κ2) is 9.53. The maximum atomic E-state index is 11.9. The van der Waals surface area contributed by atoms with Crippen LogP contribution in [-0.2, 0) is 16.0 Å². The van der Waals surface area contributed by atoms with Gasteiger partial charge in [-0.25, -0.2) is 0 Å². The zero-order valence-corrected chi connectivity index (χ0v) is 14.2. The van der Waals surface area contributed by atoms with Crippen LogP contribution in [0.3, 0.4) is 0 Å². The van der Waals surface area contributed by atoms with Crippen LogP contribution in [0.2, 0.25) is 0 Å². The zero-order chi connectivity index (χ0) is 16.5. The number of carbonyl (C=O) groups is 1. The highest BCUT2D eigenvalue weighted by molar-refractivity contribution is 5.77. The molecule has 1 fully saturated rings. The Balaban J connectivity index is 1.58. The SMILES string of the molecule is COc1ccc(CCCN(C)CC(=O)NCC2CCCO2)cc1. The molecule has 128 valence electrons. The number of hydrogen-bond acceptors (Lipinski definition) is 4. The molecule has 0 saturated carbocycles. The van der Waals surface area contributed by atoms with Crippen molar-refractivity contribution < 1.29 is 14.3 Å². The standard InChI is InChI=1S/C18H28N2O3/c1-20(14-18(21)19-13-17-6-4-12-23-17)11-3-5-15-7-9-16(22-2)10-8-15/h7-10,17H,3-6,11-14H2,1-2H3,(H,19,21). The van der Waals surface area contributed by atoms with E-state index in [0.717, 1.165) is 44.6 Å². The van der Waals surface area contributed by atoms with Crippen LogP contribution in [0.5, 0.6) is 5.75 Å². The highest BCUT2D eigenvalue weighted by Gasteiger charge is 2.16. The van der Waals surface area contributed by atoms with E-state index in [1.807, 2.05) is 19.2 Å². The molecule has 0 radical (unpaired) electrons. The molecule has 1 amide bonds. The minimum absolute atomic E-state index is 0.0763. The summed E-state index contributed by atoms with van der Waals surface area (Å²) in [5.74, 6) is 0.959. The lowest BCUT2D eigenvalue weighted by atomic mass is 10.1. The van der Waals surface area contributed by atoms with Crippen molar-refractivity contribution in [2.75, 3.05) is 40.4 Å². The molecule has 1 heterocycles. The van der Waals surface area contributed by atoms with E-state index in [4.69, 9.17) is 9.47 Å². The summed E-state index contributed by atoms with van der Waals surface area (Å²) in [5.41, 5.74) is 1.29. The fourth-order valence-corrected chi connectivity index (χ4v) is 2.76. The fourth-order valence-electron chi connectivity index (χ4n) is 2.76. The zero-order valence-electron chi connectivity index (χ0n) is 14.2. The van der Waals surface area contributed by atoms with Gasteiger partial charge in [-0.1, -0.05) is 12.1 Å². The molecule has 0 spiro atoms. The maximum absolute atomic E-state index is 11.9. The second-order valence-corrected chi connectivity index (χ2v) is 6.13. The topological polar surface area (TPSA) is 50.8 Å². The number of carbonyl (C=O) groups excluding carboxylic acids is 1. The van der Waals surface area contributed by atoms with Gasteiger partial charge in [-0.3, -0.25) is 9.69 Å². The van der Waals surface area contributed by atoms with Crippen LogP contribution in [0, 0.1) is 0 Å². The van der Waals surface area contributed by atoms with Gasteiger partial charge in [0.2, 0.25) is 5.91 Å². The molecule has 1 aromatic carbocycles. The minimum Gasteiger partial charge on any atom is -0.497 e. The third kappa shape index (κ3) is 6.59. The second-order valence-electron chi connectivity index (χ2n) is 6.13. The Labute approximate surface area is 139 Å². The van der Waals surface area contributed by atoms with Crippen LogP contribution in [0.4, 0.5) is 0 Å². The molecule has 1 unspecified atom stereocenters. The molecule has 0 aromatic heterocycles. The first-order valence-corrected chi connectivity index (χ1v) is 8.37. The molecule has 1 saturated heterocycles. The van der Waals surface area contributed by atoms with Crippen molar-refractivity contribution in [2.45, 2.75) is 31.8 Å². The van der Waals surface area contributed by atoms with Crippen LogP contribution in [0.15, 0.2) is 24.3 Å². The van der Waals surface area contributed by atoms with Gasteiger partial charge in [-0.2, -0.15) is 0 Å². The lowest BCUT2D eigenvalue weighted by molar-refractivity contribution is -0.122. The summed E-state index contributed by atoms with van der Waals surface area (Å²) in [5, 5.41) is 2.96. The molecular formula is C18H28N2O3. The van der Waals surface area contributed by atoms with Gasteiger partial charge < -0.3 is 14.8 Å². The number of methoxy groups -OCH3 is 1. The van der Waals surface area contributed by atoms with Gasteiger partial charge in [0.25, 0.3) is 0 Å². The van der Waals surface area contributed by atoms with E-state index in [2.05, 4.69) is 22.3 Å². The molecule has 5 nitrogen and oxygen atoms in total. The lowest BCUT2D eigenvalue weighted by Crippen LogP contribution is -2.39. The van der Waals surface area contributed by atoms with Crippen molar-refractivity contribution in [1.29, 1.82) is 0 Å². The Bertz CT molecular complexity index is 470. The van der Waals surface area contributed by atoms with Crippen molar-refractivity contribution in [3.8, 4) is 5.75 Å². The van der Waals surface area contributed by atoms with E-state index in [1.54, 1.807) is 7.11 Å². The number of benzene rings is 1. The molecule has 5 heteroatoms. The van der Waals surface area contributed by atoms with Crippen molar-refractivity contribution in [3.63, 3.8) is 0 Å². The monoisotopic (exact) mass is 320 g/mol. The Morgan fingerprint density at radius 2 is 2.17 bits per heavy atom. The molecule has 2 rings (SSSR count). The first kappa shape index (κ1) is 17.8. The maximum Gasteiger partial charge on any atom is 0.234 e. The predicted octanol–water partition coefficient (Wildman–Crippen LogP) is 1.85. The number of amides is 1.